The minimum atomic E-state index is 0.536. The third kappa shape index (κ3) is 2.11. The Kier molecular flexibility index (Phi) is 3.02. The van der Waals surface area contributed by atoms with Gasteiger partial charge in [0.25, 0.3) is 0 Å². The second-order valence-corrected chi connectivity index (χ2v) is 5.29. The summed E-state index contributed by atoms with van der Waals surface area (Å²) < 4.78 is 6.67. The van der Waals surface area contributed by atoms with Crippen molar-refractivity contribution in [2.75, 3.05) is 0 Å². The van der Waals surface area contributed by atoms with Crippen LogP contribution in [0.5, 0.6) is 0 Å². The summed E-state index contributed by atoms with van der Waals surface area (Å²) in [6.07, 6.45) is 2.01. The predicted octanol–water partition coefficient (Wildman–Crippen LogP) is 4.65. The average molecular weight is 317 g/mol. The van der Waals surface area contributed by atoms with Crippen LogP contribution >= 0.6 is 28.1 Å². The van der Waals surface area contributed by atoms with Crippen molar-refractivity contribution in [3.05, 3.63) is 69.7 Å². The van der Waals surface area contributed by atoms with E-state index in [4.69, 9.17) is 17.0 Å². The van der Waals surface area contributed by atoms with E-state index in [1.165, 1.54) is 0 Å². The van der Waals surface area contributed by atoms with E-state index in [1.807, 2.05) is 54.6 Å². The van der Waals surface area contributed by atoms with Gasteiger partial charge in [-0.05, 0) is 42.1 Å². The highest BCUT2D eigenvalue weighted by Crippen LogP contribution is 2.33. The molecule has 1 aliphatic heterocycles. The van der Waals surface area contributed by atoms with Crippen molar-refractivity contribution in [3.8, 4) is 0 Å². The van der Waals surface area contributed by atoms with Crippen molar-refractivity contribution in [1.29, 1.82) is 0 Å². The number of halogens is 1. The lowest BCUT2D eigenvalue weighted by Crippen LogP contribution is -1.90. The fourth-order valence-electron chi connectivity index (χ4n) is 1.92. The van der Waals surface area contributed by atoms with E-state index in [2.05, 4.69) is 15.9 Å². The van der Waals surface area contributed by atoms with Crippen LogP contribution in [-0.2, 0) is 4.74 Å². The highest BCUT2D eigenvalue weighted by Gasteiger charge is 2.23. The largest absolute Gasteiger partial charge is 0.445 e. The van der Waals surface area contributed by atoms with Gasteiger partial charge >= 0.3 is 0 Å². The lowest BCUT2D eigenvalue weighted by atomic mass is 10.1. The first-order valence-corrected chi connectivity index (χ1v) is 6.73. The molecule has 1 nitrogen and oxygen atoms in total. The first-order chi connectivity index (χ1) is 8.74. The second kappa shape index (κ2) is 4.67. The number of thiocarbonyl (C=S) groups is 1. The third-order valence-corrected chi connectivity index (χ3v) is 3.56. The van der Waals surface area contributed by atoms with Gasteiger partial charge in [-0.2, -0.15) is 0 Å². The molecule has 0 atom stereocenters. The molecule has 0 saturated carbocycles. The first-order valence-electron chi connectivity index (χ1n) is 5.53. The lowest BCUT2D eigenvalue weighted by Gasteiger charge is -1.99. The predicted molar refractivity (Wildman–Crippen MR) is 81.2 cm³/mol. The molecule has 2 aromatic carbocycles. The minimum absolute atomic E-state index is 0.536. The summed E-state index contributed by atoms with van der Waals surface area (Å²) in [6.45, 7) is 0. The maximum absolute atomic E-state index is 5.66. The Morgan fingerprint density at radius 1 is 1.00 bits per heavy atom. The Balaban J connectivity index is 2.08. The highest BCUT2D eigenvalue weighted by molar-refractivity contribution is 9.10. The van der Waals surface area contributed by atoms with Crippen molar-refractivity contribution < 1.29 is 4.74 Å². The molecule has 0 aliphatic carbocycles. The zero-order valence-corrected chi connectivity index (χ0v) is 11.8. The van der Waals surface area contributed by atoms with Crippen LogP contribution in [0.3, 0.4) is 0 Å². The zero-order chi connectivity index (χ0) is 12.5. The number of hydrogen-bond acceptors (Lipinski definition) is 2. The maximum Gasteiger partial charge on any atom is 0.198 e. The number of rotatable bonds is 1. The smallest absolute Gasteiger partial charge is 0.198 e. The first kappa shape index (κ1) is 11.6. The summed E-state index contributed by atoms with van der Waals surface area (Å²) in [5, 5.41) is 0.536. The van der Waals surface area contributed by atoms with Crippen molar-refractivity contribution >= 4 is 45.0 Å². The van der Waals surface area contributed by atoms with E-state index in [0.29, 0.717) is 5.05 Å². The molecule has 3 heteroatoms. The van der Waals surface area contributed by atoms with Gasteiger partial charge in [-0.3, -0.25) is 0 Å². The summed E-state index contributed by atoms with van der Waals surface area (Å²) in [7, 11) is 0. The van der Waals surface area contributed by atoms with Crippen molar-refractivity contribution in [2.45, 2.75) is 0 Å². The van der Waals surface area contributed by atoms with Crippen LogP contribution in [0.1, 0.15) is 16.7 Å². The van der Waals surface area contributed by atoms with Gasteiger partial charge in [-0.15, -0.1) is 0 Å². The molecule has 0 fully saturated rings. The maximum atomic E-state index is 5.66. The minimum Gasteiger partial charge on any atom is -0.445 e. The molecule has 1 aliphatic rings. The number of benzene rings is 2. The van der Waals surface area contributed by atoms with Crippen LogP contribution < -0.4 is 0 Å². The van der Waals surface area contributed by atoms with Crippen LogP contribution in [-0.4, -0.2) is 5.05 Å². The molecule has 0 N–H and O–H groups in total. The Labute approximate surface area is 119 Å². The van der Waals surface area contributed by atoms with Crippen LogP contribution in [0.15, 0.2) is 53.0 Å². The third-order valence-electron chi connectivity index (χ3n) is 2.77. The summed E-state index contributed by atoms with van der Waals surface area (Å²) in [5.41, 5.74) is 3.12. The van der Waals surface area contributed by atoms with Gasteiger partial charge in [0.2, 0.25) is 0 Å². The monoisotopic (exact) mass is 316 g/mol. The van der Waals surface area contributed by atoms with E-state index in [1.54, 1.807) is 0 Å². The number of fused-ring (bicyclic) bond motifs is 1. The van der Waals surface area contributed by atoms with Gasteiger partial charge in [-0.25, -0.2) is 0 Å². The van der Waals surface area contributed by atoms with Gasteiger partial charge in [0, 0.05) is 15.6 Å². The van der Waals surface area contributed by atoms with E-state index in [-0.39, 0.29) is 0 Å². The van der Waals surface area contributed by atoms with E-state index >= 15 is 0 Å². The van der Waals surface area contributed by atoms with E-state index < -0.39 is 0 Å². The summed E-state index contributed by atoms with van der Waals surface area (Å²) in [6, 6.07) is 16.1. The summed E-state index contributed by atoms with van der Waals surface area (Å²) in [4.78, 5) is 0. The van der Waals surface area contributed by atoms with Gasteiger partial charge in [0.15, 0.2) is 5.05 Å². The molecule has 3 rings (SSSR count). The molecule has 18 heavy (non-hydrogen) atoms. The highest BCUT2D eigenvalue weighted by atomic mass is 79.9. The van der Waals surface area contributed by atoms with Gasteiger partial charge in [0.1, 0.15) is 5.76 Å². The molecule has 88 valence electrons. The lowest BCUT2D eigenvalue weighted by molar-refractivity contribution is 0.542. The standard InChI is InChI=1S/C15H9BrOS/c16-11-6-7-12-13(9-11)15(18)17-14(12)8-10-4-2-1-3-5-10/h1-9H. The molecule has 0 unspecified atom stereocenters. The quantitative estimate of drug-likeness (QED) is 0.708. The van der Waals surface area contributed by atoms with Gasteiger partial charge in [-0.1, -0.05) is 46.3 Å². The van der Waals surface area contributed by atoms with Crippen LogP contribution in [0.2, 0.25) is 0 Å². The zero-order valence-electron chi connectivity index (χ0n) is 9.39. The van der Waals surface area contributed by atoms with Crippen LogP contribution in [0, 0.1) is 0 Å². The van der Waals surface area contributed by atoms with Crippen molar-refractivity contribution in [1.82, 2.24) is 0 Å². The normalized spacial score (nSPS) is 15.6. The fraction of sp³-hybridized carbons (Fsp3) is 0. The van der Waals surface area contributed by atoms with E-state index in [9.17, 15) is 0 Å². The molecule has 0 amide bonds. The van der Waals surface area contributed by atoms with Crippen LogP contribution in [0.4, 0.5) is 0 Å². The number of hydrogen-bond donors (Lipinski definition) is 0. The molecule has 0 spiro atoms. The SMILES string of the molecule is S=C1OC(=Cc2ccccc2)c2ccc(Br)cc21. The second-order valence-electron chi connectivity index (χ2n) is 4.00. The molecule has 1 heterocycles. The topological polar surface area (TPSA) is 9.23 Å². The molecular weight excluding hydrogens is 308 g/mol. The van der Waals surface area contributed by atoms with Crippen LogP contribution in [0.25, 0.3) is 11.8 Å². The van der Waals surface area contributed by atoms with E-state index in [0.717, 1.165) is 26.9 Å². The molecule has 0 radical (unpaired) electrons. The van der Waals surface area contributed by atoms with Crippen molar-refractivity contribution in [2.24, 2.45) is 0 Å². The molecular formula is C15H9BrOS. The van der Waals surface area contributed by atoms with Crippen molar-refractivity contribution in [3.63, 3.8) is 0 Å². The summed E-state index contributed by atoms with van der Waals surface area (Å²) in [5.74, 6) is 0.814. The Hall–Kier alpha value is -1.45. The Morgan fingerprint density at radius 3 is 2.56 bits per heavy atom. The van der Waals surface area contributed by atoms with Gasteiger partial charge < -0.3 is 4.74 Å². The number of ether oxygens (including phenoxy) is 1. The molecule has 2 aromatic rings. The Bertz CT molecular complexity index is 647. The average Bonchev–Trinajstić information content (AvgIpc) is 2.67. The summed E-state index contributed by atoms with van der Waals surface area (Å²) >= 11 is 8.69. The Morgan fingerprint density at radius 2 is 1.78 bits per heavy atom. The molecule has 0 saturated heterocycles. The molecule has 0 aromatic heterocycles. The molecule has 0 bridgehead atoms. The van der Waals surface area contributed by atoms with Gasteiger partial charge in [0.05, 0.1) is 0 Å². The fourth-order valence-corrected chi connectivity index (χ4v) is 2.54.